The Bertz CT molecular complexity index is 392. The molecule has 0 aromatic rings. The number of rotatable bonds is 4. The van der Waals surface area contributed by atoms with E-state index in [1.165, 1.54) is 12.8 Å². The van der Waals surface area contributed by atoms with Crippen LogP contribution < -0.4 is 5.32 Å². The largest absolute Gasteiger partial charge is 0.378 e. The Balaban J connectivity index is 0.00000156. The summed E-state index contributed by atoms with van der Waals surface area (Å²) >= 11 is 0. The fraction of sp³-hybridized carbons (Fsp3) is 0.941. The fourth-order valence-corrected chi connectivity index (χ4v) is 4.08. The first kappa shape index (κ1) is 22.9. The number of halogens is 2. The Morgan fingerprint density at radius 1 is 1.04 bits per heavy atom. The van der Waals surface area contributed by atoms with Gasteiger partial charge in [-0.3, -0.25) is 14.6 Å². The SMILES string of the molecule is CC1CCC(C)N1CCN1CCN(C(=O)C2COCCN2)CC1.Cl.Cl. The van der Waals surface area contributed by atoms with Gasteiger partial charge in [-0.1, -0.05) is 0 Å². The zero-order valence-corrected chi connectivity index (χ0v) is 17.1. The molecule has 1 N–H and O–H groups in total. The van der Waals surface area contributed by atoms with Gasteiger partial charge in [0.25, 0.3) is 0 Å². The van der Waals surface area contributed by atoms with Crippen molar-refractivity contribution in [2.75, 3.05) is 59.0 Å². The highest BCUT2D eigenvalue weighted by Crippen LogP contribution is 2.22. The smallest absolute Gasteiger partial charge is 0.242 e. The summed E-state index contributed by atoms with van der Waals surface area (Å²) in [4.78, 5) is 19.6. The van der Waals surface area contributed by atoms with E-state index in [1.54, 1.807) is 0 Å². The molecule has 0 aromatic heterocycles. The molecule has 0 bridgehead atoms. The Morgan fingerprint density at radius 2 is 1.68 bits per heavy atom. The Labute approximate surface area is 164 Å². The molecule has 3 fully saturated rings. The number of nitrogens with zero attached hydrogens (tertiary/aromatic N) is 3. The molecule has 148 valence electrons. The predicted octanol–water partition coefficient (Wildman–Crippen LogP) is 0.835. The van der Waals surface area contributed by atoms with Crippen molar-refractivity contribution in [2.45, 2.75) is 44.8 Å². The van der Waals surface area contributed by atoms with E-state index in [4.69, 9.17) is 4.74 Å². The van der Waals surface area contributed by atoms with E-state index in [0.717, 1.165) is 57.9 Å². The van der Waals surface area contributed by atoms with Gasteiger partial charge in [0.15, 0.2) is 0 Å². The van der Waals surface area contributed by atoms with E-state index in [9.17, 15) is 4.79 Å². The van der Waals surface area contributed by atoms with E-state index < -0.39 is 0 Å². The van der Waals surface area contributed by atoms with Gasteiger partial charge in [-0.25, -0.2) is 0 Å². The second-order valence-electron chi connectivity index (χ2n) is 7.26. The van der Waals surface area contributed by atoms with Crippen LogP contribution in [0.2, 0.25) is 0 Å². The second kappa shape index (κ2) is 10.9. The van der Waals surface area contributed by atoms with Gasteiger partial charge >= 0.3 is 0 Å². The molecule has 3 rings (SSSR count). The molecule has 3 aliphatic rings. The van der Waals surface area contributed by atoms with Gasteiger partial charge in [-0.15, -0.1) is 24.8 Å². The fourth-order valence-electron chi connectivity index (χ4n) is 4.08. The average molecular weight is 397 g/mol. The van der Waals surface area contributed by atoms with Crippen molar-refractivity contribution in [3.8, 4) is 0 Å². The van der Waals surface area contributed by atoms with E-state index in [2.05, 4.69) is 29.0 Å². The van der Waals surface area contributed by atoms with Crippen molar-refractivity contribution in [1.29, 1.82) is 0 Å². The van der Waals surface area contributed by atoms with Gasteiger partial charge in [-0.2, -0.15) is 0 Å². The number of carbonyl (C=O) groups is 1. The quantitative estimate of drug-likeness (QED) is 0.762. The average Bonchev–Trinajstić information content (AvgIpc) is 2.92. The molecule has 3 saturated heterocycles. The van der Waals surface area contributed by atoms with E-state index in [-0.39, 0.29) is 36.8 Å². The molecule has 3 aliphatic heterocycles. The Hall–Kier alpha value is -0.110. The summed E-state index contributed by atoms with van der Waals surface area (Å²) < 4.78 is 5.40. The maximum Gasteiger partial charge on any atom is 0.242 e. The number of likely N-dealkylation sites (tertiary alicyclic amines) is 1. The minimum atomic E-state index is -0.137. The molecule has 3 heterocycles. The summed E-state index contributed by atoms with van der Waals surface area (Å²) in [5.74, 6) is 0.214. The number of nitrogens with one attached hydrogen (secondary N) is 1. The van der Waals surface area contributed by atoms with Crippen molar-refractivity contribution >= 4 is 30.7 Å². The molecule has 3 unspecified atom stereocenters. The van der Waals surface area contributed by atoms with Crippen molar-refractivity contribution in [3.05, 3.63) is 0 Å². The van der Waals surface area contributed by atoms with Crippen LogP contribution in [0.1, 0.15) is 26.7 Å². The summed E-state index contributed by atoms with van der Waals surface area (Å²) in [6, 6.07) is 1.32. The number of carbonyl (C=O) groups excluding carboxylic acids is 1. The number of ether oxygens (including phenoxy) is 1. The zero-order chi connectivity index (χ0) is 16.2. The topological polar surface area (TPSA) is 48.0 Å². The molecule has 0 aromatic carbocycles. The van der Waals surface area contributed by atoms with Crippen LogP contribution in [0.3, 0.4) is 0 Å². The van der Waals surface area contributed by atoms with Gasteiger partial charge in [0.05, 0.1) is 13.2 Å². The van der Waals surface area contributed by atoms with E-state index in [1.807, 2.05) is 4.90 Å². The maximum atomic E-state index is 12.5. The van der Waals surface area contributed by atoms with Crippen LogP contribution in [0.5, 0.6) is 0 Å². The molecule has 1 amide bonds. The summed E-state index contributed by atoms with van der Waals surface area (Å²) in [7, 11) is 0. The second-order valence-corrected chi connectivity index (χ2v) is 7.26. The van der Waals surface area contributed by atoms with Crippen LogP contribution in [-0.2, 0) is 9.53 Å². The molecule has 0 radical (unpaired) electrons. The molecule has 3 atom stereocenters. The van der Waals surface area contributed by atoms with Gasteiger partial charge < -0.3 is 15.0 Å². The summed E-state index contributed by atoms with van der Waals surface area (Å²) in [5, 5.41) is 3.26. The third-order valence-corrected chi connectivity index (χ3v) is 5.71. The van der Waals surface area contributed by atoms with Crippen molar-refractivity contribution in [3.63, 3.8) is 0 Å². The first-order valence-electron chi connectivity index (χ1n) is 9.23. The monoisotopic (exact) mass is 396 g/mol. The standard InChI is InChI=1S/C17H32N4O2.2ClH/c1-14-3-4-15(2)21(14)11-8-19-6-9-20(10-7-19)17(22)16-13-23-12-5-18-16;;/h14-16,18H,3-13H2,1-2H3;2*1H. The van der Waals surface area contributed by atoms with Crippen molar-refractivity contribution < 1.29 is 9.53 Å². The maximum absolute atomic E-state index is 12.5. The van der Waals surface area contributed by atoms with Crippen LogP contribution in [0, 0.1) is 0 Å². The molecular weight excluding hydrogens is 363 g/mol. The zero-order valence-electron chi connectivity index (χ0n) is 15.5. The Morgan fingerprint density at radius 3 is 2.24 bits per heavy atom. The van der Waals surface area contributed by atoms with Crippen LogP contribution in [0.4, 0.5) is 0 Å². The van der Waals surface area contributed by atoms with E-state index in [0.29, 0.717) is 13.2 Å². The number of piperazine rings is 1. The third kappa shape index (κ3) is 5.94. The highest BCUT2D eigenvalue weighted by Gasteiger charge is 2.30. The first-order chi connectivity index (χ1) is 11.1. The van der Waals surface area contributed by atoms with E-state index >= 15 is 0 Å². The summed E-state index contributed by atoms with van der Waals surface area (Å²) in [6.45, 7) is 12.7. The summed E-state index contributed by atoms with van der Waals surface area (Å²) in [6.07, 6.45) is 2.67. The lowest BCUT2D eigenvalue weighted by molar-refractivity contribution is -0.138. The molecular formula is C17H34Cl2N4O2. The lowest BCUT2D eigenvalue weighted by Gasteiger charge is -2.38. The Kier molecular flexibility index (Phi) is 10.00. The molecule has 25 heavy (non-hydrogen) atoms. The normalized spacial score (nSPS) is 31.3. The van der Waals surface area contributed by atoms with Gasteiger partial charge in [0, 0.05) is 57.9 Å². The molecule has 6 nitrogen and oxygen atoms in total. The number of hydrogen-bond donors (Lipinski definition) is 1. The lowest BCUT2D eigenvalue weighted by atomic mass is 10.2. The van der Waals surface area contributed by atoms with Crippen molar-refractivity contribution in [1.82, 2.24) is 20.0 Å². The number of amides is 1. The van der Waals surface area contributed by atoms with Crippen LogP contribution in [0.15, 0.2) is 0 Å². The van der Waals surface area contributed by atoms with Crippen LogP contribution in [0.25, 0.3) is 0 Å². The van der Waals surface area contributed by atoms with Gasteiger partial charge in [0.1, 0.15) is 6.04 Å². The molecule has 0 aliphatic carbocycles. The summed E-state index contributed by atoms with van der Waals surface area (Å²) in [5.41, 5.74) is 0. The minimum absolute atomic E-state index is 0. The van der Waals surface area contributed by atoms with Crippen molar-refractivity contribution in [2.24, 2.45) is 0 Å². The lowest BCUT2D eigenvalue weighted by Crippen LogP contribution is -2.57. The molecule has 8 heteroatoms. The number of hydrogen-bond acceptors (Lipinski definition) is 5. The molecule has 0 spiro atoms. The van der Waals surface area contributed by atoms with Gasteiger partial charge in [-0.05, 0) is 26.7 Å². The number of morpholine rings is 1. The predicted molar refractivity (Wildman–Crippen MR) is 105 cm³/mol. The highest BCUT2D eigenvalue weighted by atomic mass is 35.5. The third-order valence-electron chi connectivity index (χ3n) is 5.71. The highest BCUT2D eigenvalue weighted by molar-refractivity contribution is 5.85. The van der Waals surface area contributed by atoms with Gasteiger partial charge in [0.2, 0.25) is 5.91 Å². The van der Waals surface area contributed by atoms with Crippen LogP contribution in [-0.4, -0.2) is 97.8 Å². The molecule has 0 saturated carbocycles. The van der Waals surface area contributed by atoms with Crippen LogP contribution >= 0.6 is 24.8 Å². The first-order valence-corrected chi connectivity index (χ1v) is 9.23. The minimum Gasteiger partial charge on any atom is -0.378 e.